The van der Waals surface area contributed by atoms with E-state index >= 15 is 0 Å². The van der Waals surface area contributed by atoms with Crippen LogP contribution in [0.25, 0.3) is 0 Å². The zero-order valence-corrected chi connectivity index (χ0v) is 18.6. The van der Waals surface area contributed by atoms with E-state index in [9.17, 15) is 4.79 Å². The van der Waals surface area contributed by atoms with E-state index in [4.69, 9.17) is 4.99 Å². The fraction of sp³-hybridized carbons (Fsp3) is 0.417. The first-order valence-corrected chi connectivity index (χ1v) is 11.4. The molecule has 1 aliphatic rings. The molecule has 4 nitrogen and oxygen atoms in total. The van der Waals surface area contributed by atoms with Gasteiger partial charge in [-0.2, -0.15) is 0 Å². The molecule has 154 valence electrons. The van der Waals surface area contributed by atoms with Gasteiger partial charge in [0, 0.05) is 24.0 Å². The maximum absolute atomic E-state index is 12.9. The van der Waals surface area contributed by atoms with Crippen molar-refractivity contribution < 1.29 is 4.79 Å². The lowest BCUT2D eigenvalue weighted by atomic mass is 10.0. The molecule has 29 heavy (non-hydrogen) atoms. The fourth-order valence-corrected chi connectivity index (χ4v) is 4.75. The van der Waals surface area contributed by atoms with Crippen LogP contribution in [0, 0.1) is 11.8 Å². The number of benzene rings is 2. The third kappa shape index (κ3) is 5.86. The third-order valence-corrected chi connectivity index (χ3v) is 5.93. The minimum absolute atomic E-state index is 0.131. The van der Waals surface area contributed by atoms with Crippen LogP contribution in [0.3, 0.4) is 0 Å². The summed E-state index contributed by atoms with van der Waals surface area (Å²) in [4.78, 5) is 20.3. The van der Waals surface area contributed by atoms with Crippen LogP contribution in [0.4, 0.5) is 11.4 Å². The van der Waals surface area contributed by atoms with Crippen LogP contribution in [0.1, 0.15) is 44.5 Å². The number of aliphatic imine (C=N–C) groups is 1. The van der Waals surface area contributed by atoms with Gasteiger partial charge in [-0.3, -0.25) is 4.79 Å². The van der Waals surface area contributed by atoms with E-state index in [-0.39, 0.29) is 5.91 Å². The van der Waals surface area contributed by atoms with Gasteiger partial charge < -0.3 is 10.2 Å². The Kier molecular flexibility index (Phi) is 7.37. The Morgan fingerprint density at radius 3 is 2.45 bits per heavy atom. The highest BCUT2D eigenvalue weighted by atomic mass is 32.2. The standard InChI is InChI=1S/C24H31N3OS/c1-17(2)14-20-16-29-24(27(20)15-18(3)4)26-22-13-9-8-12-21(22)23(28)25-19-10-6-5-7-11-19/h5-13,17-18,20H,14-16H2,1-4H3,(H,25,28)/t20-/m0/s1. The van der Waals surface area contributed by atoms with Crippen molar-refractivity contribution in [1.82, 2.24) is 4.90 Å². The summed E-state index contributed by atoms with van der Waals surface area (Å²) < 4.78 is 0. The zero-order valence-electron chi connectivity index (χ0n) is 17.8. The number of rotatable bonds is 7. The molecule has 1 fully saturated rings. The van der Waals surface area contributed by atoms with Crippen LogP contribution in [-0.4, -0.2) is 34.3 Å². The van der Waals surface area contributed by atoms with Crippen molar-refractivity contribution in [2.75, 3.05) is 17.6 Å². The van der Waals surface area contributed by atoms with Crippen molar-refractivity contribution in [3.05, 3.63) is 60.2 Å². The molecule has 2 aromatic carbocycles. The number of para-hydroxylation sites is 2. The highest BCUT2D eigenvalue weighted by Gasteiger charge is 2.31. The van der Waals surface area contributed by atoms with Crippen molar-refractivity contribution >= 4 is 34.2 Å². The number of nitrogens with zero attached hydrogens (tertiary/aromatic N) is 2. The number of anilines is 1. The van der Waals surface area contributed by atoms with Crippen molar-refractivity contribution in [2.45, 2.75) is 40.2 Å². The number of thioether (sulfide) groups is 1. The number of hydrogen-bond donors (Lipinski definition) is 1. The molecule has 0 bridgehead atoms. The van der Waals surface area contributed by atoms with Gasteiger partial charge in [0.1, 0.15) is 0 Å². The average Bonchev–Trinajstić information content (AvgIpc) is 3.03. The molecule has 0 unspecified atom stereocenters. The van der Waals surface area contributed by atoms with Gasteiger partial charge in [0.2, 0.25) is 0 Å². The predicted molar refractivity (Wildman–Crippen MR) is 125 cm³/mol. The Hall–Kier alpha value is -2.27. The monoisotopic (exact) mass is 409 g/mol. The van der Waals surface area contributed by atoms with Crippen molar-refractivity contribution in [1.29, 1.82) is 0 Å². The zero-order chi connectivity index (χ0) is 20.8. The number of hydrogen-bond acceptors (Lipinski definition) is 3. The molecule has 0 radical (unpaired) electrons. The first-order valence-electron chi connectivity index (χ1n) is 10.4. The Labute approximate surface area is 178 Å². The molecule has 2 aromatic rings. The topological polar surface area (TPSA) is 44.7 Å². The summed E-state index contributed by atoms with van der Waals surface area (Å²) in [7, 11) is 0. The van der Waals surface area contributed by atoms with Crippen molar-refractivity contribution in [3.8, 4) is 0 Å². The second kappa shape index (κ2) is 9.97. The van der Waals surface area contributed by atoms with Gasteiger partial charge in [0.05, 0.1) is 11.3 Å². The molecule has 0 spiro atoms. The number of carbonyl (C=O) groups excluding carboxylic acids is 1. The highest BCUT2D eigenvalue weighted by Crippen LogP contribution is 2.32. The number of nitrogens with one attached hydrogen (secondary N) is 1. The van der Waals surface area contributed by atoms with Gasteiger partial charge in [0.15, 0.2) is 5.17 Å². The first kappa shape index (κ1) is 21.4. The molecule has 0 saturated carbocycles. The Bertz CT molecular complexity index is 848. The highest BCUT2D eigenvalue weighted by molar-refractivity contribution is 8.14. The number of amidine groups is 1. The summed E-state index contributed by atoms with van der Waals surface area (Å²) in [6.07, 6.45) is 1.16. The molecule has 3 rings (SSSR count). The van der Waals surface area contributed by atoms with Gasteiger partial charge in [0.25, 0.3) is 5.91 Å². The van der Waals surface area contributed by atoms with Crippen LogP contribution >= 0.6 is 11.8 Å². The molecule has 1 aliphatic heterocycles. The molecule has 1 atom stereocenters. The van der Waals surface area contributed by atoms with E-state index in [0.29, 0.717) is 23.4 Å². The van der Waals surface area contributed by atoms with E-state index < -0.39 is 0 Å². The minimum Gasteiger partial charge on any atom is -0.347 e. The quantitative estimate of drug-likeness (QED) is 0.606. The molecule has 0 aromatic heterocycles. The molecule has 0 aliphatic carbocycles. The summed E-state index contributed by atoms with van der Waals surface area (Å²) in [5.74, 6) is 2.14. The Balaban J connectivity index is 1.86. The van der Waals surface area contributed by atoms with Gasteiger partial charge >= 0.3 is 0 Å². The van der Waals surface area contributed by atoms with Crippen LogP contribution < -0.4 is 5.32 Å². The second-order valence-electron chi connectivity index (χ2n) is 8.37. The molecule has 1 N–H and O–H groups in total. The average molecular weight is 410 g/mol. The van der Waals surface area contributed by atoms with E-state index in [2.05, 4.69) is 37.9 Å². The fourth-order valence-electron chi connectivity index (χ4n) is 3.54. The summed E-state index contributed by atoms with van der Waals surface area (Å²) in [6.45, 7) is 10.0. The van der Waals surface area contributed by atoms with Crippen molar-refractivity contribution in [3.63, 3.8) is 0 Å². The van der Waals surface area contributed by atoms with E-state index in [1.165, 1.54) is 0 Å². The Morgan fingerprint density at radius 2 is 1.76 bits per heavy atom. The molecular weight excluding hydrogens is 378 g/mol. The molecule has 1 heterocycles. The largest absolute Gasteiger partial charge is 0.347 e. The SMILES string of the molecule is CC(C)C[C@H]1CSC(=Nc2ccccc2C(=O)Nc2ccccc2)N1CC(C)C. The van der Waals surface area contributed by atoms with Crippen LogP contribution in [0.2, 0.25) is 0 Å². The second-order valence-corrected chi connectivity index (χ2v) is 9.36. The first-order chi connectivity index (χ1) is 13.9. The molecule has 5 heteroatoms. The lowest BCUT2D eigenvalue weighted by molar-refractivity contribution is 0.102. The Morgan fingerprint density at radius 1 is 1.07 bits per heavy atom. The smallest absolute Gasteiger partial charge is 0.257 e. The van der Waals surface area contributed by atoms with Crippen LogP contribution in [0.5, 0.6) is 0 Å². The molecular formula is C24H31N3OS. The summed E-state index contributed by atoms with van der Waals surface area (Å²) in [5.41, 5.74) is 2.11. The van der Waals surface area contributed by atoms with Gasteiger partial charge in [-0.25, -0.2) is 4.99 Å². The summed E-state index contributed by atoms with van der Waals surface area (Å²) in [6, 6.07) is 17.6. The summed E-state index contributed by atoms with van der Waals surface area (Å²) >= 11 is 1.81. The van der Waals surface area contributed by atoms with Gasteiger partial charge in [-0.1, -0.05) is 69.8 Å². The maximum Gasteiger partial charge on any atom is 0.257 e. The van der Waals surface area contributed by atoms with E-state index in [0.717, 1.165) is 35.3 Å². The lowest BCUT2D eigenvalue weighted by Gasteiger charge is -2.29. The molecule has 1 amide bonds. The lowest BCUT2D eigenvalue weighted by Crippen LogP contribution is -2.37. The minimum atomic E-state index is -0.131. The van der Waals surface area contributed by atoms with Crippen molar-refractivity contribution in [2.24, 2.45) is 16.8 Å². The number of amides is 1. The van der Waals surface area contributed by atoms with Crippen LogP contribution in [0.15, 0.2) is 59.6 Å². The van der Waals surface area contributed by atoms with Crippen LogP contribution in [-0.2, 0) is 0 Å². The van der Waals surface area contributed by atoms with E-state index in [1.807, 2.05) is 54.6 Å². The normalized spacial score (nSPS) is 18.1. The van der Waals surface area contributed by atoms with E-state index in [1.54, 1.807) is 11.8 Å². The summed E-state index contributed by atoms with van der Waals surface area (Å²) in [5, 5.41) is 4.00. The number of carbonyl (C=O) groups is 1. The maximum atomic E-state index is 12.9. The predicted octanol–water partition coefficient (Wildman–Crippen LogP) is 6.05. The van der Waals surface area contributed by atoms with Gasteiger partial charge in [-0.15, -0.1) is 0 Å². The molecule has 1 saturated heterocycles. The third-order valence-electron chi connectivity index (χ3n) is 4.79. The van der Waals surface area contributed by atoms with Gasteiger partial charge in [-0.05, 0) is 42.5 Å².